The monoisotopic (exact) mass is 403 g/mol. The predicted molar refractivity (Wildman–Crippen MR) is 110 cm³/mol. The highest BCUT2D eigenvalue weighted by atomic mass is 16.5. The number of carbonyl (C=O) groups is 2. The number of hydrogen-bond acceptors (Lipinski definition) is 5. The quantitative estimate of drug-likeness (QED) is 0.356. The Morgan fingerprint density at radius 3 is 2.37 bits per heavy atom. The molecule has 0 unspecified atom stereocenters. The average molecular weight is 403 g/mol. The lowest BCUT2D eigenvalue weighted by molar-refractivity contribution is 0.0474. The first-order valence-corrected chi connectivity index (χ1v) is 9.50. The Balaban J connectivity index is 1.44. The van der Waals surface area contributed by atoms with Crippen molar-refractivity contribution in [2.45, 2.75) is 20.8 Å². The van der Waals surface area contributed by atoms with Crippen molar-refractivity contribution >= 4 is 11.8 Å². The maximum absolute atomic E-state index is 12.7. The molecule has 0 radical (unpaired) electrons. The van der Waals surface area contributed by atoms with E-state index in [1.54, 1.807) is 31.2 Å². The topological polar surface area (TPSA) is 79.3 Å². The third kappa shape index (κ3) is 3.69. The minimum absolute atomic E-state index is 0.271. The molecule has 0 saturated heterocycles. The Morgan fingerprint density at radius 1 is 1.03 bits per heavy atom. The Kier molecular flexibility index (Phi) is 5.10. The van der Waals surface area contributed by atoms with Crippen molar-refractivity contribution < 1.29 is 18.8 Å². The van der Waals surface area contributed by atoms with Crippen LogP contribution in [0, 0.1) is 20.8 Å². The number of hydrogen-bond donors (Lipinski definition) is 0. The molecule has 0 amide bonds. The van der Waals surface area contributed by atoms with Crippen LogP contribution < -0.4 is 0 Å². The van der Waals surface area contributed by atoms with Gasteiger partial charge in [0.15, 0.2) is 12.4 Å². The van der Waals surface area contributed by atoms with Crippen LogP contribution in [-0.2, 0) is 4.74 Å². The number of aromatic nitrogens is 3. The number of carbonyl (C=O) groups excluding carboxylic acids is 2. The highest BCUT2D eigenvalue weighted by Gasteiger charge is 2.20. The van der Waals surface area contributed by atoms with Crippen LogP contribution in [0.25, 0.3) is 11.5 Å². The van der Waals surface area contributed by atoms with E-state index in [4.69, 9.17) is 9.26 Å². The molecule has 0 aliphatic carbocycles. The number of Topliss-reactive ketones (excluding diaryl/α,β-unsaturated/α-hetero) is 1. The number of ether oxygens (including phenoxy) is 1. The van der Waals surface area contributed by atoms with E-state index in [1.807, 2.05) is 59.6 Å². The minimum Gasteiger partial charge on any atom is -0.454 e. The normalized spacial score (nSPS) is 10.9. The molecule has 7 nitrogen and oxygen atoms in total. The molecule has 1 aromatic carbocycles. The predicted octanol–water partition coefficient (Wildman–Crippen LogP) is 4.22. The van der Waals surface area contributed by atoms with Crippen LogP contribution in [0.2, 0.25) is 0 Å². The van der Waals surface area contributed by atoms with Crippen molar-refractivity contribution in [1.82, 2.24) is 14.3 Å². The van der Waals surface area contributed by atoms with Gasteiger partial charge in [0.1, 0.15) is 5.76 Å². The van der Waals surface area contributed by atoms with Gasteiger partial charge in [0.25, 0.3) is 0 Å². The first kappa shape index (κ1) is 19.4. The van der Waals surface area contributed by atoms with Gasteiger partial charge in [-0.05, 0) is 63.2 Å². The van der Waals surface area contributed by atoms with Crippen molar-refractivity contribution in [3.63, 3.8) is 0 Å². The summed E-state index contributed by atoms with van der Waals surface area (Å²) in [7, 11) is 0. The van der Waals surface area contributed by atoms with Crippen molar-refractivity contribution in [1.29, 1.82) is 0 Å². The zero-order valence-corrected chi connectivity index (χ0v) is 17.0. The summed E-state index contributed by atoms with van der Waals surface area (Å²) in [4.78, 5) is 25.0. The third-order valence-electron chi connectivity index (χ3n) is 4.92. The van der Waals surface area contributed by atoms with Gasteiger partial charge in [-0.25, -0.2) is 4.79 Å². The van der Waals surface area contributed by atoms with E-state index in [1.165, 1.54) is 0 Å². The van der Waals surface area contributed by atoms with Crippen LogP contribution in [0.15, 0.2) is 65.4 Å². The number of ketones is 1. The summed E-state index contributed by atoms with van der Waals surface area (Å²) in [5.41, 5.74) is 3.38. The molecule has 4 aromatic rings. The molecular formula is C23H21N3O4. The Bertz CT molecular complexity index is 1200. The summed E-state index contributed by atoms with van der Waals surface area (Å²) in [5, 5.41) is 4.01. The van der Waals surface area contributed by atoms with Crippen LogP contribution in [0.4, 0.5) is 0 Å². The Morgan fingerprint density at radius 2 is 1.73 bits per heavy atom. The summed E-state index contributed by atoms with van der Waals surface area (Å²) in [5.74, 6) is 0.485. The molecule has 0 fully saturated rings. The SMILES string of the molecule is Cc1cc(-n2c(C)cc(C(=O)COC(=O)c3ccc(-n4cccc4)cc3)c2C)no1. The van der Waals surface area contributed by atoms with Crippen molar-refractivity contribution in [2.75, 3.05) is 6.61 Å². The summed E-state index contributed by atoms with van der Waals surface area (Å²) in [6.07, 6.45) is 3.84. The summed E-state index contributed by atoms with van der Waals surface area (Å²) in [6, 6.07) is 14.4. The summed E-state index contributed by atoms with van der Waals surface area (Å²) >= 11 is 0. The fourth-order valence-corrected chi connectivity index (χ4v) is 3.42. The molecule has 30 heavy (non-hydrogen) atoms. The van der Waals surface area contributed by atoms with E-state index in [-0.39, 0.29) is 12.4 Å². The Labute approximate surface area is 173 Å². The van der Waals surface area contributed by atoms with Crippen LogP contribution >= 0.6 is 0 Å². The molecule has 0 aliphatic rings. The second-order valence-electron chi connectivity index (χ2n) is 7.05. The second kappa shape index (κ2) is 7.87. The molecule has 0 N–H and O–H groups in total. The van der Waals surface area contributed by atoms with Gasteiger partial charge in [-0.3, -0.25) is 9.36 Å². The van der Waals surface area contributed by atoms with Crippen molar-refractivity contribution in [3.8, 4) is 11.5 Å². The molecule has 4 rings (SSSR count). The third-order valence-corrected chi connectivity index (χ3v) is 4.92. The number of rotatable bonds is 6. The second-order valence-corrected chi connectivity index (χ2v) is 7.05. The molecule has 0 aliphatic heterocycles. The Hall–Kier alpha value is -3.87. The largest absolute Gasteiger partial charge is 0.454 e. The van der Waals surface area contributed by atoms with Gasteiger partial charge in [-0.1, -0.05) is 5.16 Å². The molecule has 0 atom stereocenters. The van der Waals surface area contributed by atoms with Gasteiger partial charge >= 0.3 is 5.97 Å². The molecule has 0 saturated carbocycles. The lowest BCUT2D eigenvalue weighted by atomic mass is 10.1. The fourth-order valence-electron chi connectivity index (χ4n) is 3.42. The van der Waals surface area contributed by atoms with Gasteiger partial charge in [-0.15, -0.1) is 0 Å². The highest BCUT2D eigenvalue weighted by Crippen LogP contribution is 2.21. The zero-order chi connectivity index (χ0) is 21.3. The molecule has 152 valence electrons. The molecule has 3 aromatic heterocycles. The van der Waals surface area contributed by atoms with Crippen LogP contribution in [0.3, 0.4) is 0 Å². The van der Waals surface area contributed by atoms with Gasteiger partial charge in [0.05, 0.1) is 5.56 Å². The lowest BCUT2D eigenvalue weighted by Crippen LogP contribution is -2.15. The van der Waals surface area contributed by atoms with Crippen molar-refractivity contribution in [3.05, 3.63) is 89.2 Å². The van der Waals surface area contributed by atoms with Crippen molar-refractivity contribution in [2.24, 2.45) is 0 Å². The average Bonchev–Trinajstić information content (AvgIpc) is 3.47. The smallest absolute Gasteiger partial charge is 0.338 e. The highest BCUT2D eigenvalue weighted by molar-refractivity contribution is 6.00. The maximum Gasteiger partial charge on any atom is 0.338 e. The summed E-state index contributed by atoms with van der Waals surface area (Å²) in [6.45, 7) is 5.18. The first-order valence-electron chi connectivity index (χ1n) is 9.50. The number of esters is 1. The molecule has 3 heterocycles. The van der Waals surface area contributed by atoms with E-state index in [0.29, 0.717) is 22.7 Å². The minimum atomic E-state index is -0.539. The maximum atomic E-state index is 12.7. The number of benzene rings is 1. The van der Waals surface area contributed by atoms with E-state index in [9.17, 15) is 9.59 Å². The molecule has 7 heteroatoms. The van der Waals surface area contributed by atoms with E-state index in [0.717, 1.165) is 17.1 Å². The van der Waals surface area contributed by atoms with E-state index in [2.05, 4.69) is 5.16 Å². The van der Waals surface area contributed by atoms with E-state index < -0.39 is 5.97 Å². The number of nitrogens with zero attached hydrogens (tertiary/aromatic N) is 3. The van der Waals surface area contributed by atoms with Crippen LogP contribution in [-0.4, -0.2) is 32.7 Å². The first-order chi connectivity index (χ1) is 14.4. The standard InChI is InChI=1S/C23H21N3O4/c1-15-12-20(17(3)26(15)22-13-16(2)30-24-22)21(27)14-29-23(28)18-6-8-19(9-7-18)25-10-4-5-11-25/h4-13H,14H2,1-3H3. The van der Waals surface area contributed by atoms with E-state index >= 15 is 0 Å². The van der Waals surface area contributed by atoms with Gasteiger partial charge in [0.2, 0.25) is 5.78 Å². The number of aryl methyl sites for hydroxylation is 2. The molecule has 0 spiro atoms. The van der Waals surface area contributed by atoms with Gasteiger partial charge < -0.3 is 13.8 Å². The van der Waals surface area contributed by atoms with Crippen LogP contribution in [0.5, 0.6) is 0 Å². The summed E-state index contributed by atoms with van der Waals surface area (Å²) < 4.78 is 14.2. The molecule has 0 bridgehead atoms. The van der Waals surface area contributed by atoms with Gasteiger partial charge in [0, 0.05) is 41.1 Å². The van der Waals surface area contributed by atoms with Gasteiger partial charge in [-0.2, -0.15) is 0 Å². The van der Waals surface area contributed by atoms with Crippen LogP contribution in [0.1, 0.15) is 37.9 Å². The fraction of sp³-hybridized carbons (Fsp3) is 0.174. The zero-order valence-electron chi connectivity index (χ0n) is 17.0. The lowest BCUT2D eigenvalue weighted by Gasteiger charge is -2.07. The molecular weight excluding hydrogens is 382 g/mol.